The predicted octanol–water partition coefficient (Wildman–Crippen LogP) is -12.5. The van der Waals surface area contributed by atoms with Crippen LogP contribution in [-0.4, -0.2) is 367 Å². The summed E-state index contributed by atoms with van der Waals surface area (Å²) in [4.78, 5) is 39.0. The van der Waals surface area contributed by atoms with E-state index in [1.54, 1.807) is 0 Å². The number of hydrogen-bond acceptors (Lipinski definition) is 40. The van der Waals surface area contributed by atoms with Gasteiger partial charge in [-0.2, -0.15) is 64.7 Å². The molecule has 21 N–H and O–H groups in total. The first-order valence-corrected chi connectivity index (χ1v) is 37.7. The number of nitrogens with one attached hydrogen (secondary N) is 3. The number of aliphatic carboxylic acids is 3. The Morgan fingerprint density at radius 1 is 0.394 bits per heavy atom. The van der Waals surface area contributed by atoms with Crippen molar-refractivity contribution in [3.05, 3.63) is 35.9 Å². The Bertz CT molecular complexity index is 3800. The van der Waals surface area contributed by atoms with E-state index in [4.69, 9.17) is 61.6 Å². The number of carboxylic acids is 3. The van der Waals surface area contributed by atoms with E-state index in [0.29, 0.717) is 0 Å². The van der Waals surface area contributed by atoms with Gasteiger partial charge in [0.05, 0.1) is 32.5 Å². The van der Waals surface area contributed by atoms with Crippen LogP contribution in [0.5, 0.6) is 0 Å². The molecule has 0 amide bonds. The molecule has 6 heterocycles. The molecule has 6 saturated heterocycles. The van der Waals surface area contributed by atoms with Crippen molar-refractivity contribution < 1.29 is 228 Å². The maximum atomic E-state index is 13.3. The zero-order valence-electron chi connectivity index (χ0n) is 52.3. The highest BCUT2D eigenvalue weighted by atomic mass is 32.3. The van der Waals surface area contributed by atoms with Gasteiger partial charge in [-0.15, -0.1) is 0 Å². The van der Waals surface area contributed by atoms with Crippen molar-refractivity contribution in [2.24, 2.45) is 0 Å². The molecular weight excluding hydrogens is 1570 g/mol. The Balaban J connectivity index is 1.25. The third-order valence-corrected chi connectivity index (χ3v) is 18.7. The molecule has 58 heteroatoms. The van der Waals surface area contributed by atoms with Crippen molar-refractivity contribution in [1.82, 2.24) is 14.2 Å². The van der Waals surface area contributed by atoms with Crippen molar-refractivity contribution in [3.8, 4) is 0 Å². The fraction of sp³-hybridized carbons (Fsp3) is 0.804. The average molecular weight is 1640 g/mol. The molecule has 6 aliphatic rings. The number of ether oxygens (including phenoxy) is 13. The topological polar surface area (TPSA) is 804 Å². The SMILES string of the molecule is CC(C)O[C@@H]1O[C@@H](C(=O)O)[C@@H](O[C@H]2O[C@H](CO)[C@@H](O[C@@H]3O[C@@H](C(=O)O)[C@@H](O[C@H]4O[C@H](CO)[C@@H](O[C@@H]5O[C@@H](C(=O)O)[C@@H](O[C@H]6O[C@H](CO)[C@@H](O)[C@H](O)[C@H]6NS(=O)(=O)O)[C@H](O)[C@H]5OS(=O)(=O)O)[C@H](OCc5ccccc5)[C@H]4NS(=O)(=O)O)[C@H](O)[C@H]3OS(=O)(=O)O)[C@H](O)[C@H]2NS(=O)(=O)O)[C@H](O)[C@H]1OS(=O)(=O)O. The summed E-state index contributed by atoms with van der Waals surface area (Å²) in [5.41, 5.74) is 0.0903. The smallest absolute Gasteiger partial charge is 0.397 e. The zero-order valence-corrected chi connectivity index (χ0v) is 57.2. The highest BCUT2D eigenvalue weighted by Crippen LogP contribution is 2.40. The molecule has 6 aliphatic heterocycles. The van der Waals surface area contributed by atoms with E-state index in [0.717, 1.165) is 0 Å². The van der Waals surface area contributed by atoms with Crippen molar-refractivity contribution >= 4 is 80.0 Å². The van der Waals surface area contributed by atoms with Gasteiger partial charge in [0.2, 0.25) is 0 Å². The molecule has 0 aromatic heterocycles. The number of aliphatic hydroxyl groups is 9. The molecule has 0 aliphatic carbocycles. The normalized spacial score (nSPS) is 39.4. The number of benzene rings is 1. The summed E-state index contributed by atoms with van der Waals surface area (Å²) in [6.07, 6.45) is -73.6. The third-order valence-electron chi connectivity index (χ3n) is 15.6. The molecule has 0 unspecified atom stereocenters. The van der Waals surface area contributed by atoms with E-state index in [9.17, 15) is 153 Å². The van der Waals surface area contributed by atoms with Gasteiger partial charge in [0.25, 0.3) is 0 Å². The largest absolute Gasteiger partial charge is 0.479 e. The van der Waals surface area contributed by atoms with Gasteiger partial charge in [0.1, 0.15) is 110 Å². The van der Waals surface area contributed by atoms with Gasteiger partial charge in [-0.1, -0.05) is 30.3 Å². The van der Waals surface area contributed by atoms with Crippen LogP contribution in [-0.2, 0) is 157 Å². The molecule has 52 nitrogen and oxygen atoms in total. The van der Waals surface area contributed by atoms with Gasteiger partial charge in [0.15, 0.2) is 74.4 Å². The highest BCUT2D eigenvalue weighted by Gasteiger charge is 2.62. The first-order chi connectivity index (χ1) is 47.9. The molecule has 104 heavy (non-hydrogen) atoms. The lowest BCUT2D eigenvalue weighted by Crippen LogP contribution is -2.71. The first-order valence-electron chi connectivity index (χ1n) is 29.3. The molecule has 30 atom stereocenters. The number of carboxylic acid groups (broad SMARTS) is 3. The van der Waals surface area contributed by atoms with Crippen LogP contribution in [0.1, 0.15) is 19.4 Å². The van der Waals surface area contributed by atoms with Crippen LogP contribution in [0.3, 0.4) is 0 Å². The second-order valence-electron chi connectivity index (χ2n) is 23.2. The Kier molecular flexibility index (Phi) is 29.3. The lowest BCUT2D eigenvalue weighted by Gasteiger charge is -2.51. The second-order valence-corrected chi connectivity index (χ2v) is 29.9. The van der Waals surface area contributed by atoms with Crippen molar-refractivity contribution in [2.45, 2.75) is 211 Å². The van der Waals surface area contributed by atoms with E-state index >= 15 is 0 Å². The summed E-state index contributed by atoms with van der Waals surface area (Å²) in [6, 6.07) is -1.04. The Hall–Kier alpha value is -4.03. The van der Waals surface area contributed by atoms with E-state index in [2.05, 4.69) is 12.5 Å². The van der Waals surface area contributed by atoms with E-state index in [1.165, 1.54) is 58.3 Å². The maximum absolute atomic E-state index is 13.3. The molecule has 600 valence electrons. The van der Waals surface area contributed by atoms with Gasteiger partial charge < -0.3 is 123 Å². The summed E-state index contributed by atoms with van der Waals surface area (Å²) in [7, 11) is -34.9. The first kappa shape index (κ1) is 87.2. The standard InChI is InChI=1S/C46H71N3O49S6/c1-12(2)84-44-32(96-102(74,75)76)23(56)29(35(93-44)38(59)60)91-42-18(48-100(68,69)70)22(55)26(15(9-51)86-42)88-45-33(97-103(77,78)79)25(58)31(37(94-45)40(63)64)92-43-19(49-101(71,72)73)28(83-11-13-6-4-3-5-7-13)27(16(10-52)87-43)89-46-34(98-104(80,81)82)24(57)30(36(95-46)39(61)62)90-41-17(47-99(65,66)67)21(54)20(53)14(8-50)85-41/h3-7,12,14-37,41-58H,8-11H2,1-2H3,(H,59,60)(H,61,62)(H,63,64)(H,65,66,67)(H,68,69,70)(H,71,72,73)(H,74,75,76)(H,77,78,79)(H,80,81,82)/t14-,15-,16-,17-,18-,19-,20-,21-,22-,23+,24+,25+,26-,27-,28-,29+,30+,31+,32-,33-,34-,35-,36-,37-,41-,42-,43-,44-,45-,46-/m1/s1. The molecule has 1 aromatic carbocycles. The number of hydrogen-bond donors (Lipinski definition) is 21. The fourth-order valence-electron chi connectivity index (χ4n) is 11.4. The fourth-order valence-corrected chi connectivity index (χ4v) is 14.6. The Morgan fingerprint density at radius 3 is 1.09 bits per heavy atom. The van der Waals surface area contributed by atoms with E-state index < -0.39 is 297 Å². The number of rotatable bonds is 33. The third kappa shape index (κ3) is 22.8. The van der Waals surface area contributed by atoms with Crippen LogP contribution in [0, 0.1) is 0 Å². The molecule has 0 radical (unpaired) electrons. The van der Waals surface area contributed by atoms with Crippen molar-refractivity contribution in [3.63, 3.8) is 0 Å². The molecule has 0 saturated carbocycles. The molecule has 0 bridgehead atoms. The summed E-state index contributed by atoms with van der Waals surface area (Å²) in [6.45, 7) is -2.64. The number of carbonyl (C=O) groups is 3. The van der Waals surface area contributed by atoms with Gasteiger partial charge in [-0.25, -0.2) is 26.9 Å². The maximum Gasteiger partial charge on any atom is 0.397 e. The molecule has 6 fully saturated rings. The zero-order chi connectivity index (χ0) is 78.0. The molecule has 1 aromatic rings. The van der Waals surface area contributed by atoms with Crippen LogP contribution in [0.2, 0.25) is 0 Å². The van der Waals surface area contributed by atoms with E-state index in [-0.39, 0.29) is 5.56 Å². The van der Waals surface area contributed by atoms with Gasteiger partial charge >= 0.3 is 80.0 Å². The highest BCUT2D eigenvalue weighted by molar-refractivity contribution is 7.84. The van der Waals surface area contributed by atoms with Crippen LogP contribution >= 0.6 is 0 Å². The van der Waals surface area contributed by atoms with Crippen molar-refractivity contribution in [1.29, 1.82) is 0 Å². The lowest BCUT2D eigenvalue weighted by atomic mass is 9.94. The molecule has 0 spiro atoms. The second kappa shape index (κ2) is 34.9. The summed E-state index contributed by atoms with van der Waals surface area (Å²) in [5.74, 6) is -6.75. The van der Waals surface area contributed by atoms with Crippen LogP contribution in [0.25, 0.3) is 0 Å². The van der Waals surface area contributed by atoms with Crippen LogP contribution < -0.4 is 14.2 Å². The minimum absolute atomic E-state index is 0.0903. The van der Waals surface area contributed by atoms with Crippen LogP contribution in [0.4, 0.5) is 0 Å². The van der Waals surface area contributed by atoms with Gasteiger partial charge in [-0.05, 0) is 19.4 Å². The molecular formula is C46H71N3O49S6. The molecule has 7 rings (SSSR count). The van der Waals surface area contributed by atoms with E-state index in [1.807, 2.05) is 0 Å². The lowest BCUT2D eigenvalue weighted by molar-refractivity contribution is -0.378. The summed E-state index contributed by atoms with van der Waals surface area (Å²) in [5, 5.41) is 131. The minimum Gasteiger partial charge on any atom is -0.479 e. The van der Waals surface area contributed by atoms with Crippen molar-refractivity contribution in [2.75, 3.05) is 19.8 Å². The van der Waals surface area contributed by atoms with Gasteiger partial charge in [0, 0.05) is 0 Å². The summed E-state index contributed by atoms with van der Waals surface area (Å²) < 4.78 is 299. The van der Waals surface area contributed by atoms with Gasteiger partial charge in [-0.3, -0.25) is 27.3 Å². The summed E-state index contributed by atoms with van der Waals surface area (Å²) >= 11 is 0. The Morgan fingerprint density at radius 2 is 0.721 bits per heavy atom. The predicted molar refractivity (Wildman–Crippen MR) is 312 cm³/mol. The number of aliphatic hydroxyl groups excluding tert-OH is 9. The van der Waals surface area contributed by atoms with Crippen LogP contribution in [0.15, 0.2) is 30.3 Å². The minimum atomic E-state index is -6.13. The Labute approximate surface area is 585 Å². The quantitative estimate of drug-likeness (QED) is 0.0291. The monoisotopic (exact) mass is 1640 g/mol. The average Bonchev–Trinajstić information content (AvgIpc) is 0.770.